The molecule has 0 N–H and O–H groups in total. The molecule has 0 bridgehead atoms. The van der Waals surface area contributed by atoms with Crippen LogP contribution in [0.2, 0.25) is 0 Å². The highest BCUT2D eigenvalue weighted by molar-refractivity contribution is 5.13. The Balaban J connectivity index is 1.72. The number of hydrogen-bond donors (Lipinski definition) is 0. The zero-order valence-electron chi connectivity index (χ0n) is 10.5. The second-order valence-corrected chi connectivity index (χ2v) is 4.78. The maximum atomic E-state index is 5.76. The van der Waals surface area contributed by atoms with E-state index < -0.39 is 5.79 Å². The van der Waals surface area contributed by atoms with Crippen LogP contribution in [-0.4, -0.2) is 25.1 Å². The van der Waals surface area contributed by atoms with E-state index in [0.29, 0.717) is 13.2 Å². The van der Waals surface area contributed by atoms with Gasteiger partial charge >= 0.3 is 0 Å². The Hall–Kier alpha value is -0.900. The van der Waals surface area contributed by atoms with Crippen molar-refractivity contribution < 1.29 is 14.2 Å². The molecule has 17 heavy (non-hydrogen) atoms. The highest BCUT2D eigenvalue weighted by Crippen LogP contribution is 2.22. The van der Waals surface area contributed by atoms with Crippen molar-refractivity contribution in [2.45, 2.75) is 38.8 Å². The zero-order chi connectivity index (χ0) is 12.1. The van der Waals surface area contributed by atoms with E-state index in [0.717, 1.165) is 13.0 Å². The highest BCUT2D eigenvalue weighted by Gasteiger charge is 2.29. The molecule has 0 aliphatic carbocycles. The maximum absolute atomic E-state index is 5.76. The monoisotopic (exact) mass is 236 g/mol. The molecule has 1 aliphatic rings. The lowest BCUT2D eigenvalue weighted by Crippen LogP contribution is -2.41. The molecule has 0 spiro atoms. The van der Waals surface area contributed by atoms with Gasteiger partial charge in [0, 0.05) is 0 Å². The molecule has 1 heterocycles. The van der Waals surface area contributed by atoms with Crippen molar-refractivity contribution in [3.63, 3.8) is 0 Å². The van der Waals surface area contributed by atoms with Crippen molar-refractivity contribution in [3.05, 3.63) is 35.9 Å². The standard InChI is InChI=1S/C14H20O3/c1-14(2)16-9-8-13(17-14)11-15-10-12-6-4-3-5-7-12/h3-7,13H,8-11H2,1-2H3/t13-/m0/s1. The van der Waals surface area contributed by atoms with E-state index in [1.54, 1.807) is 0 Å². The van der Waals surface area contributed by atoms with Crippen molar-refractivity contribution in [1.29, 1.82) is 0 Å². The Kier molecular flexibility index (Phi) is 4.15. The molecule has 1 aliphatic heterocycles. The van der Waals surface area contributed by atoms with Gasteiger partial charge in [0.25, 0.3) is 0 Å². The SMILES string of the molecule is CC1(C)OCC[C@@H](COCc2ccccc2)O1. The smallest absolute Gasteiger partial charge is 0.163 e. The maximum Gasteiger partial charge on any atom is 0.163 e. The van der Waals surface area contributed by atoms with Gasteiger partial charge in [-0.3, -0.25) is 0 Å². The van der Waals surface area contributed by atoms with E-state index in [1.165, 1.54) is 5.56 Å². The summed E-state index contributed by atoms with van der Waals surface area (Å²) < 4.78 is 16.9. The third-order valence-corrected chi connectivity index (χ3v) is 2.76. The molecule has 1 fully saturated rings. The molecule has 94 valence electrons. The number of rotatable bonds is 4. The molecule has 0 amide bonds. The summed E-state index contributed by atoms with van der Waals surface area (Å²) in [6, 6.07) is 10.2. The third-order valence-electron chi connectivity index (χ3n) is 2.76. The Morgan fingerprint density at radius 2 is 2.06 bits per heavy atom. The molecule has 0 saturated carbocycles. The van der Waals surface area contributed by atoms with Gasteiger partial charge in [-0.2, -0.15) is 0 Å². The molecular weight excluding hydrogens is 216 g/mol. The number of ether oxygens (including phenoxy) is 3. The molecule has 1 saturated heterocycles. The minimum absolute atomic E-state index is 0.141. The highest BCUT2D eigenvalue weighted by atomic mass is 16.7. The van der Waals surface area contributed by atoms with Gasteiger partial charge in [-0.25, -0.2) is 0 Å². The lowest BCUT2D eigenvalue weighted by molar-refractivity contribution is -0.280. The van der Waals surface area contributed by atoms with E-state index in [9.17, 15) is 0 Å². The Bertz CT molecular complexity index is 335. The molecule has 1 aromatic rings. The van der Waals surface area contributed by atoms with Crippen LogP contribution >= 0.6 is 0 Å². The summed E-state index contributed by atoms with van der Waals surface area (Å²) in [5.41, 5.74) is 1.19. The van der Waals surface area contributed by atoms with Crippen LogP contribution in [-0.2, 0) is 20.8 Å². The first-order valence-corrected chi connectivity index (χ1v) is 6.09. The predicted octanol–water partition coefficient (Wildman–Crippen LogP) is 2.74. The van der Waals surface area contributed by atoms with Gasteiger partial charge in [-0.15, -0.1) is 0 Å². The minimum Gasteiger partial charge on any atom is -0.374 e. The minimum atomic E-state index is -0.473. The van der Waals surface area contributed by atoms with Gasteiger partial charge in [0.1, 0.15) is 0 Å². The van der Waals surface area contributed by atoms with Crippen molar-refractivity contribution in [1.82, 2.24) is 0 Å². The molecular formula is C14H20O3. The second-order valence-electron chi connectivity index (χ2n) is 4.78. The largest absolute Gasteiger partial charge is 0.374 e. The lowest BCUT2D eigenvalue weighted by atomic mass is 10.2. The summed E-state index contributed by atoms with van der Waals surface area (Å²) in [6.07, 6.45) is 1.04. The molecule has 1 aromatic carbocycles. The van der Waals surface area contributed by atoms with Crippen LogP contribution in [0.5, 0.6) is 0 Å². The van der Waals surface area contributed by atoms with Crippen LogP contribution < -0.4 is 0 Å². The summed E-state index contributed by atoms with van der Waals surface area (Å²) in [6.45, 7) is 5.89. The molecule has 0 unspecified atom stereocenters. The fourth-order valence-electron chi connectivity index (χ4n) is 1.93. The first kappa shape index (κ1) is 12.6. The summed E-state index contributed by atoms with van der Waals surface area (Å²) in [5, 5.41) is 0. The summed E-state index contributed by atoms with van der Waals surface area (Å²) in [5.74, 6) is -0.473. The summed E-state index contributed by atoms with van der Waals surface area (Å²) >= 11 is 0. The fourth-order valence-corrected chi connectivity index (χ4v) is 1.93. The first-order valence-electron chi connectivity index (χ1n) is 6.09. The first-order chi connectivity index (χ1) is 8.16. The van der Waals surface area contributed by atoms with E-state index >= 15 is 0 Å². The number of benzene rings is 1. The van der Waals surface area contributed by atoms with E-state index in [1.807, 2.05) is 32.0 Å². The van der Waals surface area contributed by atoms with Crippen LogP contribution in [0, 0.1) is 0 Å². The van der Waals surface area contributed by atoms with Crippen LogP contribution in [0.1, 0.15) is 25.8 Å². The Labute approximate surface area is 103 Å². The van der Waals surface area contributed by atoms with Gasteiger partial charge in [0.05, 0.1) is 25.9 Å². The molecule has 1 atom stereocenters. The summed E-state index contributed by atoms with van der Waals surface area (Å²) in [7, 11) is 0. The Morgan fingerprint density at radius 3 is 2.76 bits per heavy atom. The fraction of sp³-hybridized carbons (Fsp3) is 0.571. The molecule has 3 nitrogen and oxygen atoms in total. The third kappa shape index (κ3) is 4.11. The molecule has 2 rings (SSSR count). The van der Waals surface area contributed by atoms with Gasteiger partial charge < -0.3 is 14.2 Å². The predicted molar refractivity (Wildman–Crippen MR) is 65.6 cm³/mol. The van der Waals surface area contributed by atoms with Crippen molar-refractivity contribution in [2.24, 2.45) is 0 Å². The average Bonchev–Trinajstić information content (AvgIpc) is 2.29. The molecule has 0 radical (unpaired) electrons. The van der Waals surface area contributed by atoms with Crippen molar-refractivity contribution in [3.8, 4) is 0 Å². The normalized spacial score (nSPS) is 23.5. The van der Waals surface area contributed by atoms with Crippen LogP contribution in [0.4, 0.5) is 0 Å². The lowest BCUT2D eigenvalue weighted by Gasteiger charge is -2.35. The topological polar surface area (TPSA) is 27.7 Å². The van der Waals surface area contributed by atoms with Gasteiger partial charge in [-0.05, 0) is 25.8 Å². The van der Waals surface area contributed by atoms with E-state index in [4.69, 9.17) is 14.2 Å². The summed E-state index contributed by atoms with van der Waals surface area (Å²) in [4.78, 5) is 0. The van der Waals surface area contributed by atoms with Gasteiger partial charge in [-0.1, -0.05) is 30.3 Å². The van der Waals surface area contributed by atoms with E-state index in [-0.39, 0.29) is 6.10 Å². The number of hydrogen-bond acceptors (Lipinski definition) is 3. The van der Waals surface area contributed by atoms with Gasteiger partial charge in [0.2, 0.25) is 0 Å². The van der Waals surface area contributed by atoms with Crippen molar-refractivity contribution in [2.75, 3.05) is 13.2 Å². The molecule has 0 aromatic heterocycles. The molecule has 3 heteroatoms. The van der Waals surface area contributed by atoms with Crippen LogP contribution in [0.3, 0.4) is 0 Å². The van der Waals surface area contributed by atoms with Crippen LogP contribution in [0.15, 0.2) is 30.3 Å². The zero-order valence-corrected chi connectivity index (χ0v) is 10.5. The Morgan fingerprint density at radius 1 is 1.29 bits per heavy atom. The quantitative estimate of drug-likeness (QED) is 0.804. The van der Waals surface area contributed by atoms with Gasteiger partial charge in [0.15, 0.2) is 5.79 Å². The average molecular weight is 236 g/mol. The van der Waals surface area contributed by atoms with Crippen LogP contribution in [0.25, 0.3) is 0 Å². The van der Waals surface area contributed by atoms with E-state index in [2.05, 4.69) is 12.1 Å². The second kappa shape index (κ2) is 5.63. The van der Waals surface area contributed by atoms with Crippen molar-refractivity contribution >= 4 is 0 Å².